The molecule has 6 nitrogen and oxygen atoms in total. The molecule has 0 saturated heterocycles. The van der Waals surface area contributed by atoms with E-state index in [2.05, 4.69) is 93.7 Å². The molecule has 0 heterocycles. The van der Waals surface area contributed by atoms with Crippen LogP contribution in [0.5, 0.6) is 0 Å². The van der Waals surface area contributed by atoms with Crippen molar-refractivity contribution in [3.8, 4) is 0 Å². The Labute approximate surface area is 369 Å². The maximum Gasteiger partial charge on any atom is 0.309 e. The van der Waals surface area contributed by atoms with Crippen LogP contribution in [0.25, 0.3) is 0 Å². The predicted molar refractivity (Wildman–Crippen MR) is 256 cm³/mol. The Morgan fingerprint density at radius 3 is 1.32 bits per heavy atom. The van der Waals surface area contributed by atoms with Crippen LogP contribution in [0.3, 0.4) is 0 Å². The summed E-state index contributed by atoms with van der Waals surface area (Å²) in [6.07, 6.45) is 61.7. The molecule has 1 unspecified atom stereocenters. The molecule has 0 rings (SSSR count). The van der Waals surface area contributed by atoms with Crippen LogP contribution in [0, 0.1) is 0 Å². The van der Waals surface area contributed by atoms with Gasteiger partial charge in [-0.25, -0.2) is 0 Å². The van der Waals surface area contributed by atoms with Crippen molar-refractivity contribution >= 4 is 17.9 Å². The zero-order valence-corrected chi connectivity index (χ0v) is 38.9. The molecule has 342 valence electrons. The van der Waals surface area contributed by atoms with E-state index in [1.54, 1.807) is 6.08 Å². The molecule has 60 heavy (non-hydrogen) atoms. The quantitative estimate of drug-likeness (QED) is 0.0200. The molecule has 0 aliphatic rings. The molecule has 0 aliphatic carbocycles. The van der Waals surface area contributed by atoms with Crippen LogP contribution in [-0.4, -0.2) is 37.2 Å². The molecule has 0 spiro atoms. The second-order valence-electron chi connectivity index (χ2n) is 16.0. The molecule has 0 saturated carbocycles. The Balaban J connectivity index is 4.45. The minimum absolute atomic E-state index is 0.119. The minimum atomic E-state index is -0.828. The first-order valence-electron chi connectivity index (χ1n) is 24.6. The number of hydrogen-bond donors (Lipinski definition) is 0. The van der Waals surface area contributed by atoms with Gasteiger partial charge in [0.25, 0.3) is 0 Å². The first kappa shape index (κ1) is 56.6. The summed E-state index contributed by atoms with van der Waals surface area (Å²) in [6.45, 7) is 6.35. The van der Waals surface area contributed by atoms with Gasteiger partial charge in [0.15, 0.2) is 6.10 Å². The molecule has 0 aliphatic heterocycles. The Morgan fingerprint density at radius 1 is 0.383 bits per heavy atom. The van der Waals surface area contributed by atoms with Gasteiger partial charge in [0.05, 0.1) is 6.42 Å². The second-order valence-corrected chi connectivity index (χ2v) is 16.0. The fraction of sp³-hybridized carbons (Fsp3) is 0.685. The molecule has 0 aromatic heterocycles. The molecule has 0 aromatic rings. The summed E-state index contributed by atoms with van der Waals surface area (Å²) in [5.74, 6) is -1.09. The van der Waals surface area contributed by atoms with E-state index in [4.69, 9.17) is 14.2 Å². The highest BCUT2D eigenvalue weighted by molar-refractivity contribution is 5.72. The fourth-order valence-electron chi connectivity index (χ4n) is 6.46. The minimum Gasteiger partial charge on any atom is -0.462 e. The molecule has 0 aromatic carbocycles. The van der Waals surface area contributed by atoms with E-state index in [1.165, 1.54) is 96.3 Å². The lowest BCUT2D eigenvalue weighted by molar-refractivity contribution is -0.166. The lowest BCUT2D eigenvalue weighted by Gasteiger charge is -2.18. The summed E-state index contributed by atoms with van der Waals surface area (Å²) in [5.41, 5.74) is 0. The van der Waals surface area contributed by atoms with Crippen LogP contribution in [0.4, 0.5) is 0 Å². The van der Waals surface area contributed by atoms with Crippen molar-refractivity contribution in [1.82, 2.24) is 0 Å². The Hall–Kier alpha value is -3.41. The third-order valence-electron chi connectivity index (χ3n) is 10.2. The summed E-state index contributed by atoms with van der Waals surface area (Å²) in [5, 5.41) is 0. The number of esters is 3. The molecular weight excluding hydrogens is 745 g/mol. The van der Waals surface area contributed by atoms with Crippen LogP contribution in [0.15, 0.2) is 85.1 Å². The van der Waals surface area contributed by atoms with Gasteiger partial charge in [-0.05, 0) is 89.9 Å². The highest BCUT2D eigenvalue weighted by Gasteiger charge is 2.19. The lowest BCUT2D eigenvalue weighted by atomic mass is 10.1. The third kappa shape index (κ3) is 45.7. The van der Waals surface area contributed by atoms with Crippen molar-refractivity contribution in [2.75, 3.05) is 13.2 Å². The molecule has 0 fully saturated rings. The van der Waals surface area contributed by atoms with E-state index in [0.29, 0.717) is 6.42 Å². The maximum atomic E-state index is 12.7. The van der Waals surface area contributed by atoms with Gasteiger partial charge in [0, 0.05) is 12.8 Å². The van der Waals surface area contributed by atoms with E-state index < -0.39 is 12.1 Å². The second kappa shape index (κ2) is 48.3. The van der Waals surface area contributed by atoms with Crippen molar-refractivity contribution in [1.29, 1.82) is 0 Å². The van der Waals surface area contributed by atoms with Crippen molar-refractivity contribution in [3.63, 3.8) is 0 Å². The number of carbonyl (C=O) groups excluding carboxylic acids is 3. The molecule has 1 atom stereocenters. The molecule has 0 amide bonds. The van der Waals surface area contributed by atoms with E-state index in [0.717, 1.165) is 83.5 Å². The molecule has 6 heteroatoms. The number of hydrogen-bond acceptors (Lipinski definition) is 6. The fourth-order valence-corrected chi connectivity index (χ4v) is 6.46. The van der Waals surface area contributed by atoms with E-state index in [-0.39, 0.29) is 38.0 Å². The first-order valence-corrected chi connectivity index (χ1v) is 24.6. The third-order valence-corrected chi connectivity index (χ3v) is 10.2. The average Bonchev–Trinajstić information content (AvgIpc) is 3.24. The Kier molecular flexibility index (Phi) is 45.5. The van der Waals surface area contributed by atoms with Gasteiger partial charge in [-0.15, -0.1) is 0 Å². The smallest absolute Gasteiger partial charge is 0.309 e. The highest BCUT2D eigenvalue weighted by atomic mass is 16.6. The largest absolute Gasteiger partial charge is 0.462 e. The van der Waals surface area contributed by atoms with Crippen LogP contribution >= 0.6 is 0 Å². The van der Waals surface area contributed by atoms with Crippen LogP contribution in [0.2, 0.25) is 0 Å². The highest BCUT2D eigenvalue weighted by Crippen LogP contribution is 2.13. The maximum absolute atomic E-state index is 12.7. The number of ether oxygens (including phenoxy) is 3. The molecular formula is C54H90O6. The van der Waals surface area contributed by atoms with Gasteiger partial charge >= 0.3 is 17.9 Å². The Morgan fingerprint density at radius 2 is 0.767 bits per heavy atom. The summed E-state index contributed by atoms with van der Waals surface area (Å²) in [4.78, 5) is 37.7. The number of carbonyl (C=O) groups is 3. The van der Waals surface area contributed by atoms with Gasteiger partial charge in [0.2, 0.25) is 0 Å². The zero-order valence-electron chi connectivity index (χ0n) is 38.9. The topological polar surface area (TPSA) is 78.9 Å². The summed E-state index contributed by atoms with van der Waals surface area (Å²) >= 11 is 0. The van der Waals surface area contributed by atoms with Crippen molar-refractivity contribution < 1.29 is 28.6 Å². The molecule has 0 bridgehead atoms. The van der Waals surface area contributed by atoms with Crippen molar-refractivity contribution in [3.05, 3.63) is 85.1 Å². The Bertz CT molecular complexity index is 1190. The van der Waals surface area contributed by atoms with Gasteiger partial charge < -0.3 is 14.2 Å². The number of allylic oxidation sites excluding steroid dienone is 13. The summed E-state index contributed by atoms with van der Waals surface area (Å²) in [6, 6.07) is 0. The normalized spacial score (nSPS) is 12.8. The first-order chi connectivity index (χ1) is 29.5. The summed E-state index contributed by atoms with van der Waals surface area (Å²) in [7, 11) is 0. The van der Waals surface area contributed by atoms with E-state index in [9.17, 15) is 14.4 Å². The van der Waals surface area contributed by atoms with Gasteiger partial charge in [-0.1, -0.05) is 196 Å². The van der Waals surface area contributed by atoms with Crippen molar-refractivity contribution in [2.24, 2.45) is 0 Å². The standard InChI is InChI=1S/C54H90O6/c1-4-7-10-13-16-19-21-23-25-27-29-30-32-35-38-41-44-47-53(56)59-50-51(49-58-52(55)46-43-40-37-34-18-15-12-9-6-3)60-54(57)48-45-42-39-36-33-31-28-26-24-22-20-17-14-11-8-5-2/h9,12,16,18-19,23,25-26,28,31,33-34,40,43,51H,4-8,10-11,13-15,17,20-22,24,27,29-30,32,35-39,41-42,44-50H2,1-3H3/b12-9-,19-16-,25-23-,28-26-,33-31-,34-18-,43-40-. The van der Waals surface area contributed by atoms with E-state index >= 15 is 0 Å². The van der Waals surface area contributed by atoms with Crippen LogP contribution in [0.1, 0.15) is 220 Å². The van der Waals surface area contributed by atoms with Gasteiger partial charge in [-0.3, -0.25) is 14.4 Å². The van der Waals surface area contributed by atoms with Crippen LogP contribution in [-0.2, 0) is 28.6 Å². The SMILES string of the molecule is CC/C=C\C/C=C\C/C=C\CC(=O)OCC(COC(=O)CCCCCCCCC/C=C\C/C=C\CCCCC)OC(=O)CCCCC/C=C\C=C/CCCCCCCCC. The van der Waals surface area contributed by atoms with Crippen LogP contribution < -0.4 is 0 Å². The van der Waals surface area contributed by atoms with E-state index in [1.807, 2.05) is 6.08 Å². The lowest BCUT2D eigenvalue weighted by Crippen LogP contribution is -2.30. The number of unbranched alkanes of at least 4 members (excludes halogenated alkanes) is 20. The average molecular weight is 835 g/mol. The molecule has 0 radical (unpaired) electrons. The monoisotopic (exact) mass is 835 g/mol. The van der Waals surface area contributed by atoms with Crippen molar-refractivity contribution in [2.45, 2.75) is 226 Å². The van der Waals surface area contributed by atoms with Gasteiger partial charge in [0.1, 0.15) is 13.2 Å². The summed E-state index contributed by atoms with van der Waals surface area (Å²) < 4.78 is 16.6. The van der Waals surface area contributed by atoms with Gasteiger partial charge in [-0.2, -0.15) is 0 Å². The zero-order chi connectivity index (χ0) is 43.7. The number of rotatable bonds is 43. The predicted octanol–water partition coefficient (Wildman–Crippen LogP) is 16.0. The molecule has 0 N–H and O–H groups in total.